The van der Waals surface area contributed by atoms with E-state index in [1.807, 2.05) is 0 Å². The minimum Gasteiger partial charge on any atom is -0.472 e. The van der Waals surface area contributed by atoms with Gasteiger partial charge in [-0.05, 0) is 25.3 Å². The van der Waals surface area contributed by atoms with Gasteiger partial charge in [0, 0.05) is 0 Å². The summed E-state index contributed by atoms with van der Waals surface area (Å²) in [6.07, 6.45) is 5.61. The predicted molar refractivity (Wildman–Crippen MR) is 43.8 cm³/mol. The van der Waals surface area contributed by atoms with Crippen LogP contribution in [0.3, 0.4) is 0 Å². The molecule has 1 aliphatic rings. The van der Waals surface area contributed by atoms with E-state index in [2.05, 4.69) is 0 Å². The maximum Gasteiger partial charge on any atom is 0.185 e. The number of hydrogen-bond donors (Lipinski definition) is 1. The van der Waals surface area contributed by atoms with Crippen molar-refractivity contribution in [2.24, 2.45) is 5.73 Å². The van der Waals surface area contributed by atoms with Gasteiger partial charge < -0.3 is 10.2 Å². The number of furan rings is 1. The number of rotatable bonds is 2. The number of ketones is 1. The molecular formula is C9H11NO2. The van der Waals surface area contributed by atoms with Crippen LogP contribution in [-0.2, 0) is 0 Å². The second kappa shape index (κ2) is 2.45. The van der Waals surface area contributed by atoms with Crippen molar-refractivity contribution in [3.8, 4) is 0 Å². The highest BCUT2D eigenvalue weighted by molar-refractivity contribution is 6.03. The Morgan fingerprint density at radius 2 is 2.33 bits per heavy atom. The van der Waals surface area contributed by atoms with Crippen molar-refractivity contribution in [3.63, 3.8) is 0 Å². The third-order valence-corrected chi connectivity index (χ3v) is 2.48. The number of hydrogen-bond acceptors (Lipinski definition) is 3. The first kappa shape index (κ1) is 7.55. The lowest BCUT2D eigenvalue weighted by atomic mass is 9.73. The van der Waals surface area contributed by atoms with Crippen molar-refractivity contribution in [1.82, 2.24) is 0 Å². The maximum atomic E-state index is 11.6. The third kappa shape index (κ3) is 0.975. The molecule has 0 aromatic carbocycles. The van der Waals surface area contributed by atoms with E-state index >= 15 is 0 Å². The molecule has 0 atom stereocenters. The average molecular weight is 165 g/mol. The second-order valence-electron chi connectivity index (χ2n) is 3.35. The molecule has 12 heavy (non-hydrogen) atoms. The molecule has 0 unspecified atom stereocenters. The first-order valence-corrected chi connectivity index (χ1v) is 4.08. The Labute approximate surface area is 70.5 Å². The van der Waals surface area contributed by atoms with Gasteiger partial charge >= 0.3 is 0 Å². The summed E-state index contributed by atoms with van der Waals surface area (Å²) in [6.45, 7) is 0. The topological polar surface area (TPSA) is 56.2 Å². The number of nitrogens with two attached hydrogens (primary N) is 1. The van der Waals surface area contributed by atoms with Crippen LogP contribution in [0.15, 0.2) is 23.0 Å². The third-order valence-electron chi connectivity index (χ3n) is 2.48. The summed E-state index contributed by atoms with van der Waals surface area (Å²) in [5, 5.41) is 0. The molecule has 1 saturated carbocycles. The molecule has 0 spiro atoms. The zero-order valence-corrected chi connectivity index (χ0v) is 6.75. The molecular weight excluding hydrogens is 154 g/mol. The maximum absolute atomic E-state index is 11.6. The Kier molecular flexibility index (Phi) is 1.54. The van der Waals surface area contributed by atoms with Crippen molar-refractivity contribution in [2.75, 3.05) is 0 Å². The van der Waals surface area contributed by atoms with Crippen LogP contribution in [-0.4, -0.2) is 11.3 Å². The summed E-state index contributed by atoms with van der Waals surface area (Å²) in [5.74, 6) is 0.0162. The van der Waals surface area contributed by atoms with Crippen LogP contribution < -0.4 is 5.73 Å². The van der Waals surface area contributed by atoms with Gasteiger partial charge in [-0.1, -0.05) is 0 Å². The van der Waals surface area contributed by atoms with E-state index in [4.69, 9.17) is 10.2 Å². The van der Waals surface area contributed by atoms with Gasteiger partial charge in [0.1, 0.15) is 6.26 Å². The molecule has 0 amide bonds. The fourth-order valence-corrected chi connectivity index (χ4v) is 1.47. The lowest BCUT2D eigenvalue weighted by Crippen LogP contribution is -2.53. The van der Waals surface area contributed by atoms with Crippen LogP contribution in [0.5, 0.6) is 0 Å². The molecule has 3 nitrogen and oxygen atoms in total. The van der Waals surface area contributed by atoms with Gasteiger partial charge in [0.05, 0.1) is 17.4 Å². The monoisotopic (exact) mass is 165 g/mol. The largest absolute Gasteiger partial charge is 0.472 e. The van der Waals surface area contributed by atoms with Crippen molar-refractivity contribution in [2.45, 2.75) is 24.8 Å². The molecule has 1 fully saturated rings. The minimum atomic E-state index is -0.593. The van der Waals surface area contributed by atoms with Gasteiger partial charge in [0.15, 0.2) is 5.78 Å². The van der Waals surface area contributed by atoms with E-state index < -0.39 is 5.54 Å². The summed E-state index contributed by atoms with van der Waals surface area (Å²) in [7, 11) is 0. The highest BCUT2D eigenvalue weighted by atomic mass is 16.3. The van der Waals surface area contributed by atoms with Crippen LogP contribution in [0.1, 0.15) is 29.6 Å². The molecule has 64 valence electrons. The number of Topliss-reactive ketones (excluding diaryl/α,β-unsaturated/α-hetero) is 1. The lowest BCUT2D eigenvalue weighted by Gasteiger charge is -2.35. The quantitative estimate of drug-likeness (QED) is 0.673. The van der Waals surface area contributed by atoms with E-state index in [-0.39, 0.29) is 5.78 Å². The van der Waals surface area contributed by atoms with Gasteiger partial charge in [0.2, 0.25) is 0 Å². The van der Waals surface area contributed by atoms with Crippen molar-refractivity contribution < 1.29 is 9.21 Å². The van der Waals surface area contributed by atoms with Crippen LogP contribution in [0, 0.1) is 0 Å². The number of carbonyl (C=O) groups is 1. The van der Waals surface area contributed by atoms with E-state index in [0.29, 0.717) is 5.56 Å². The Hall–Kier alpha value is -1.09. The molecule has 2 rings (SSSR count). The SMILES string of the molecule is NC1(C(=O)c2ccoc2)CCC1. The first-order chi connectivity index (χ1) is 5.72. The molecule has 0 saturated heterocycles. The normalized spacial score (nSPS) is 20.1. The van der Waals surface area contributed by atoms with Crippen molar-refractivity contribution in [3.05, 3.63) is 24.2 Å². The molecule has 3 heteroatoms. The molecule has 1 aromatic heterocycles. The molecule has 1 aliphatic carbocycles. The van der Waals surface area contributed by atoms with Crippen LogP contribution in [0.4, 0.5) is 0 Å². The van der Waals surface area contributed by atoms with Gasteiger partial charge in [-0.25, -0.2) is 0 Å². The predicted octanol–water partition coefficient (Wildman–Crippen LogP) is 1.34. The summed E-state index contributed by atoms with van der Waals surface area (Å²) < 4.78 is 4.82. The zero-order valence-electron chi connectivity index (χ0n) is 6.75. The Bertz CT molecular complexity index is 285. The highest BCUT2D eigenvalue weighted by Crippen LogP contribution is 2.32. The number of carbonyl (C=O) groups excluding carboxylic acids is 1. The van der Waals surface area contributed by atoms with Crippen molar-refractivity contribution in [1.29, 1.82) is 0 Å². The zero-order chi connectivity index (χ0) is 8.60. The van der Waals surface area contributed by atoms with E-state index in [0.717, 1.165) is 19.3 Å². The van der Waals surface area contributed by atoms with Crippen LogP contribution in [0.2, 0.25) is 0 Å². The molecule has 0 radical (unpaired) electrons. The highest BCUT2D eigenvalue weighted by Gasteiger charge is 2.40. The Morgan fingerprint density at radius 1 is 1.58 bits per heavy atom. The minimum absolute atomic E-state index is 0.0162. The average Bonchev–Trinajstić information content (AvgIpc) is 2.50. The van der Waals surface area contributed by atoms with Gasteiger partial charge in [-0.3, -0.25) is 4.79 Å². The van der Waals surface area contributed by atoms with Crippen molar-refractivity contribution >= 4 is 5.78 Å². The Balaban J connectivity index is 2.20. The standard InChI is InChI=1S/C9H11NO2/c10-9(3-1-4-9)8(11)7-2-5-12-6-7/h2,5-6H,1,3-4,10H2. The fourth-order valence-electron chi connectivity index (χ4n) is 1.47. The summed E-state index contributed by atoms with van der Waals surface area (Å²) in [5.41, 5.74) is 5.85. The molecule has 1 aromatic rings. The van der Waals surface area contributed by atoms with Crippen LogP contribution >= 0.6 is 0 Å². The summed E-state index contributed by atoms with van der Waals surface area (Å²) in [4.78, 5) is 11.6. The van der Waals surface area contributed by atoms with E-state index in [1.165, 1.54) is 12.5 Å². The summed E-state index contributed by atoms with van der Waals surface area (Å²) in [6, 6.07) is 1.66. The smallest absolute Gasteiger partial charge is 0.185 e. The Morgan fingerprint density at radius 3 is 2.75 bits per heavy atom. The summed E-state index contributed by atoms with van der Waals surface area (Å²) >= 11 is 0. The molecule has 1 heterocycles. The van der Waals surface area contributed by atoms with Gasteiger partial charge in [0.25, 0.3) is 0 Å². The van der Waals surface area contributed by atoms with Gasteiger partial charge in [-0.2, -0.15) is 0 Å². The molecule has 0 bridgehead atoms. The second-order valence-corrected chi connectivity index (χ2v) is 3.35. The molecule has 2 N–H and O–H groups in total. The lowest BCUT2D eigenvalue weighted by molar-refractivity contribution is 0.0800. The first-order valence-electron chi connectivity index (χ1n) is 4.08. The van der Waals surface area contributed by atoms with E-state index in [9.17, 15) is 4.79 Å². The fraction of sp³-hybridized carbons (Fsp3) is 0.444. The van der Waals surface area contributed by atoms with Gasteiger partial charge in [-0.15, -0.1) is 0 Å². The van der Waals surface area contributed by atoms with E-state index in [1.54, 1.807) is 6.07 Å². The van der Waals surface area contributed by atoms with Crippen LogP contribution in [0.25, 0.3) is 0 Å². The molecule has 0 aliphatic heterocycles.